The second kappa shape index (κ2) is 3.58. The van der Waals surface area contributed by atoms with Crippen molar-refractivity contribution in [2.24, 2.45) is 0 Å². The van der Waals surface area contributed by atoms with Crippen LogP contribution in [-0.2, 0) is 6.42 Å². The minimum Gasteiger partial charge on any atom is -0.268 e. The molecule has 0 aliphatic heterocycles. The number of rotatable bonds is 2. The molecule has 0 aliphatic carbocycles. The summed E-state index contributed by atoms with van der Waals surface area (Å²) in [5.41, 5.74) is 0.475. The van der Waals surface area contributed by atoms with E-state index in [1.165, 1.54) is 3.97 Å². The lowest BCUT2D eigenvalue weighted by atomic mass is 10.3. The van der Waals surface area contributed by atoms with Gasteiger partial charge >= 0.3 is 0 Å². The molecular formula is C8H10N2OS. The summed E-state index contributed by atoms with van der Waals surface area (Å²) in [6.07, 6.45) is 3.79. The normalized spacial score (nSPS) is 9.83. The quantitative estimate of drug-likeness (QED) is 0.546. The van der Waals surface area contributed by atoms with Crippen molar-refractivity contribution in [1.82, 2.24) is 8.96 Å². The maximum Gasteiger partial charge on any atom is 0.266 e. The van der Waals surface area contributed by atoms with Crippen LogP contribution < -0.4 is 5.56 Å². The highest BCUT2D eigenvalue weighted by Crippen LogP contribution is 1.97. The van der Waals surface area contributed by atoms with E-state index >= 15 is 0 Å². The average Bonchev–Trinajstić information content (AvgIpc) is 2.07. The lowest BCUT2D eigenvalue weighted by Crippen LogP contribution is -2.20. The standard InChI is InChI=1S/C8H10N2OS/c1-3-4-7-9-5-6(2)8(11)10(7)12/h3,5,12H,1,4H2,2H3. The van der Waals surface area contributed by atoms with Gasteiger partial charge in [0, 0.05) is 18.2 Å². The Kier molecular flexibility index (Phi) is 2.70. The fourth-order valence-electron chi connectivity index (χ4n) is 0.834. The van der Waals surface area contributed by atoms with Gasteiger partial charge in [-0.3, -0.25) is 4.79 Å². The molecule has 0 N–H and O–H groups in total. The highest BCUT2D eigenvalue weighted by molar-refractivity contribution is 7.78. The van der Waals surface area contributed by atoms with Crippen molar-refractivity contribution in [3.8, 4) is 0 Å². The lowest BCUT2D eigenvalue weighted by Gasteiger charge is -2.03. The smallest absolute Gasteiger partial charge is 0.266 e. The molecule has 0 amide bonds. The van der Waals surface area contributed by atoms with E-state index in [-0.39, 0.29) is 5.56 Å². The van der Waals surface area contributed by atoms with Crippen LogP contribution >= 0.6 is 12.8 Å². The van der Waals surface area contributed by atoms with Crippen LogP contribution in [0.5, 0.6) is 0 Å². The summed E-state index contributed by atoms with van der Waals surface area (Å²) in [6.45, 7) is 5.27. The molecule has 0 radical (unpaired) electrons. The van der Waals surface area contributed by atoms with Crippen LogP contribution in [0.2, 0.25) is 0 Å². The van der Waals surface area contributed by atoms with Crippen molar-refractivity contribution in [1.29, 1.82) is 0 Å². The topological polar surface area (TPSA) is 34.9 Å². The fraction of sp³-hybridized carbons (Fsp3) is 0.250. The first-order valence-electron chi connectivity index (χ1n) is 3.54. The Morgan fingerprint density at radius 3 is 3.08 bits per heavy atom. The highest BCUT2D eigenvalue weighted by Gasteiger charge is 2.02. The van der Waals surface area contributed by atoms with Crippen molar-refractivity contribution in [3.05, 3.63) is 40.6 Å². The van der Waals surface area contributed by atoms with Crippen LogP contribution in [-0.4, -0.2) is 8.96 Å². The maximum atomic E-state index is 11.3. The van der Waals surface area contributed by atoms with E-state index in [9.17, 15) is 4.79 Å². The summed E-state index contributed by atoms with van der Waals surface area (Å²) in [5, 5.41) is 0. The average molecular weight is 182 g/mol. The molecule has 3 nitrogen and oxygen atoms in total. The maximum absolute atomic E-state index is 11.3. The Morgan fingerprint density at radius 2 is 2.50 bits per heavy atom. The summed E-state index contributed by atoms with van der Waals surface area (Å²) in [6, 6.07) is 0. The van der Waals surface area contributed by atoms with Gasteiger partial charge in [-0.1, -0.05) is 18.9 Å². The van der Waals surface area contributed by atoms with Gasteiger partial charge in [0.05, 0.1) is 0 Å². The molecule has 0 atom stereocenters. The van der Waals surface area contributed by atoms with Crippen LogP contribution in [0.1, 0.15) is 11.4 Å². The summed E-state index contributed by atoms with van der Waals surface area (Å²) < 4.78 is 1.25. The van der Waals surface area contributed by atoms with E-state index < -0.39 is 0 Å². The predicted octanol–water partition coefficient (Wildman–Crippen LogP) is 0.973. The van der Waals surface area contributed by atoms with Crippen LogP contribution in [0.15, 0.2) is 23.6 Å². The molecule has 0 aromatic carbocycles. The Bertz CT molecular complexity index is 357. The van der Waals surface area contributed by atoms with Gasteiger partial charge in [-0.15, -0.1) is 6.58 Å². The minimum absolute atomic E-state index is 0.120. The molecular weight excluding hydrogens is 172 g/mol. The molecule has 0 spiro atoms. The fourth-order valence-corrected chi connectivity index (χ4v) is 1.12. The van der Waals surface area contributed by atoms with Crippen LogP contribution in [0.3, 0.4) is 0 Å². The number of hydrogen-bond donors (Lipinski definition) is 1. The van der Waals surface area contributed by atoms with Crippen LogP contribution in [0, 0.1) is 6.92 Å². The molecule has 0 unspecified atom stereocenters. The number of nitrogens with zero attached hydrogens (tertiary/aromatic N) is 2. The van der Waals surface area contributed by atoms with Gasteiger partial charge in [0.25, 0.3) is 5.56 Å². The summed E-state index contributed by atoms with van der Waals surface area (Å²) in [7, 11) is 0. The van der Waals surface area contributed by atoms with E-state index in [2.05, 4.69) is 24.4 Å². The Hall–Kier alpha value is -1.03. The second-order valence-corrected chi connectivity index (χ2v) is 2.87. The van der Waals surface area contributed by atoms with Gasteiger partial charge in [-0.05, 0) is 6.92 Å². The van der Waals surface area contributed by atoms with E-state index in [0.29, 0.717) is 17.8 Å². The molecule has 0 saturated heterocycles. The number of allylic oxidation sites excluding steroid dienone is 1. The third-order valence-electron chi connectivity index (χ3n) is 1.51. The van der Waals surface area contributed by atoms with E-state index in [1.807, 2.05) is 0 Å². The van der Waals surface area contributed by atoms with Gasteiger partial charge in [0.1, 0.15) is 5.82 Å². The van der Waals surface area contributed by atoms with Crippen molar-refractivity contribution in [2.75, 3.05) is 0 Å². The molecule has 1 heterocycles. The second-order valence-electron chi connectivity index (χ2n) is 2.47. The van der Waals surface area contributed by atoms with Crippen molar-refractivity contribution >= 4 is 12.8 Å². The van der Waals surface area contributed by atoms with Gasteiger partial charge in [0.15, 0.2) is 0 Å². The highest BCUT2D eigenvalue weighted by atomic mass is 32.1. The molecule has 0 aliphatic rings. The third-order valence-corrected chi connectivity index (χ3v) is 1.92. The van der Waals surface area contributed by atoms with Crippen molar-refractivity contribution in [3.63, 3.8) is 0 Å². The van der Waals surface area contributed by atoms with Gasteiger partial charge in [0.2, 0.25) is 0 Å². The Labute approximate surface area is 76.3 Å². The zero-order valence-corrected chi connectivity index (χ0v) is 7.71. The van der Waals surface area contributed by atoms with Gasteiger partial charge in [-0.25, -0.2) is 8.96 Å². The van der Waals surface area contributed by atoms with Crippen molar-refractivity contribution in [2.45, 2.75) is 13.3 Å². The third kappa shape index (κ3) is 1.58. The molecule has 1 aromatic rings. The monoisotopic (exact) mass is 182 g/mol. The predicted molar refractivity (Wildman–Crippen MR) is 51.5 cm³/mol. The number of hydrogen-bond acceptors (Lipinski definition) is 3. The first-order valence-corrected chi connectivity index (χ1v) is 3.94. The summed E-state index contributed by atoms with van der Waals surface area (Å²) in [5.74, 6) is 0.615. The first kappa shape index (κ1) is 9.06. The largest absolute Gasteiger partial charge is 0.268 e. The zero-order chi connectivity index (χ0) is 9.14. The number of aryl methyl sites for hydroxylation is 1. The molecule has 12 heavy (non-hydrogen) atoms. The molecule has 1 aromatic heterocycles. The summed E-state index contributed by atoms with van der Waals surface area (Å²) in [4.78, 5) is 15.3. The molecule has 0 fully saturated rings. The van der Waals surface area contributed by atoms with Gasteiger partial charge < -0.3 is 0 Å². The van der Waals surface area contributed by atoms with Crippen LogP contribution in [0.25, 0.3) is 0 Å². The molecule has 0 saturated carbocycles. The summed E-state index contributed by atoms with van der Waals surface area (Å²) >= 11 is 4.01. The number of thiol groups is 1. The van der Waals surface area contributed by atoms with Gasteiger partial charge in [-0.2, -0.15) is 0 Å². The first-order chi connectivity index (χ1) is 5.66. The molecule has 64 valence electrons. The van der Waals surface area contributed by atoms with Crippen LogP contribution in [0.4, 0.5) is 0 Å². The SMILES string of the molecule is C=CCc1ncc(C)c(=O)n1S. The van der Waals surface area contributed by atoms with Crippen molar-refractivity contribution < 1.29 is 0 Å². The molecule has 0 bridgehead atoms. The lowest BCUT2D eigenvalue weighted by molar-refractivity contribution is 0.909. The molecule has 1 rings (SSSR count). The van der Waals surface area contributed by atoms with E-state index in [1.54, 1.807) is 19.2 Å². The van der Waals surface area contributed by atoms with E-state index in [4.69, 9.17) is 0 Å². The minimum atomic E-state index is -0.120. The molecule has 4 heteroatoms. The Morgan fingerprint density at radius 1 is 1.83 bits per heavy atom. The number of aromatic nitrogens is 2. The Balaban J connectivity index is 3.26. The van der Waals surface area contributed by atoms with E-state index in [0.717, 1.165) is 0 Å². The zero-order valence-electron chi connectivity index (χ0n) is 6.82.